The van der Waals surface area contributed by atoms with Gasteiger partial charge < -0.3 is 25.3 Å². The number of carbonyl (C=O) groups excluding carboxylic acids is 3. The molecule has 0 radical (unpaired) electrons. The number of halogens is 6. The summed E-state index contributed by atoms with van der Waals surface area (Å²) >= 11 is 1.67. The van der Waals surface area contributed by atoms with Gasteiger partial charge in [-0.2, -0.15) is 30.9 Å². The van der Waals surface area contributed by atoms with Crippen molar-refractivity contribution >= 4 is 46.8 Å². The molecule has 0 aliphatic carbocycles. The molecule has 3 N–H and O–H groups in total. The quantitative estimate of drug-likeness (QED) is 0.166. The first-order valence-electron chi connectivity index (χ1n) is 14.0. The third-order valence-electron chi connectivity index (χ3n) is 6.24. The summed E-state index contributed by atoms with van der Waals surface area (Å²) in [6, 6.07) is 9.81. The molecule has 1 atom stereocenters. The zero-order chi connectivity index (χ0) is 35.2. The number of nitrogens with one attached hydrogen (secondary N) is 2. The smallest absolute Gasteiger partial charge is 0.490 e. The van der Waals surface area contributed by atoms with Gasteiger partial charge in [-0.05, 0) is 35.2 Å². The third kappa shape index (κ3) is 13.8. The second-order valence-electron chi connectivity index (χ2n) is 9.84. The van der Waals surface area contributed by atoms with Gasteiger partial charge in [0, 0.05) is 12.8 Å². The number of hydrogen-bond acceptors (Lipinski definition) is 8. The van der Waals surface area contributed by atoms with Crippen LogP contribution in [0.3, 0.4) is 0 Å². The van der Waals surface area contributed by atoms with Gasteiger partial charge in [0.15, 0.2) is 0 Å². The first-order valence-corrected chi connectivity index (χ1v) is 15.0. The van der Waals surface area contributed by atoms with Gasteiger partial charge in [-0.15, -0.1) is 0 Å². The Labute approximate surface area is 268 Å². The minimum atomic E-state index is -5.19. The molecular formula is C29H31F6N5O6S. The molecule has 0 saturated carbocycles. The van der Waals surface area contributed by atoms with E-state index in [0.29, 0.717) is 18.6 Å². The lowest BCUT2D eigenvalue weighted by molar-refractivity contribution is -0.344. The zero-order valence-electron chi connectivity index (χ0n) is 24.9. The minimum absolute atomic E-state index is 0.0689. The monoisotopic (exact) mass is 691 g/mol. The number of amidine groups is 1. The van der Waals surface area contributed by atoms with Crippen molar-refractivity contribution in [2.24, 2.45) is 4.99 Å². The number of Topliss-reactive ketones (excluding diaryl/α,β-unsaturated/α-hetero) is 1. The Bertz CT molecular complexity index is 1460. The molecule has 1 amide bonds. The Morgan fingerprint density at radius 1 is 1.06 bits per heavy atom. The van der Waals surface area contributed by atoms with E-state index in [2.05, 4.69) is 26.5 Å². The van der Waals surface area contributed by atoms with Crippen LogP contribution < -0.4 is 10.4 Å². The number of amides is 1. The van der Waals surface area contributed by atoms with Gasteiger partial charge in [0.25, 0.3) is 0 Å². The highest BCUT2D eigenvalue weighted by atomic mass is 32.2. The molecule has 2 aliphatic rings. The summed E-state index contributed by atoms with van der Waals surface area (Å²) in [5.74, 6) is -3.85. The van der Waals surface area contributed by atoms with Gasteiger partial charge in [-0.3, -0.25) is 9.59 Å². The van der Waals surface area contributed by atoms with Crippen molar-refractivity contribution < 1.29 is 60.3 Å². The number of alkyl halides is 6. The van der Waals surface area contributed by atoms with Gasteiger partial charge in [0.05, 0.1) is 36.3 Å². The summed E-state index contributed by atoms with van der Waals surface area (Å²) in [7, 11) is 0. The van der Waals surface area contributed by atoms with Crippen molar-refractivity contribution in [3.8, 4) is 11.3 Å². The van der Waals surface area contributed by atoms with Crippen molar-refractivity contribution in [2.45, 2.75) is 70.3 Å². The molecule has 256 valence electrons. The van der Waals surface area contributed by atoms with E-state index in [1.165, 1.54) is 0 Å². The standard InChI is InChI=1S/C25H29N5O2S.2C2HF3O2/c1-2-20(31)11-7-4-8-12-21(24-26-16-22(29-24)18-9-5-3-6-10-18)28-23(32)15-19-17-30-13-14-33-25(30)27-19;2*3-2(4,5)1(6)7/h3,5-6,9-10,13,16-17,21H,2,4,7-8,11-12,14-15H2,1H3,(H-,26,28,29,32);2*(H,6,7)/t21-;;/m0../s1. The van der Waals surface area contributed by atoms with E-state index in [9.17, 15) is 35.9 Å². The highest BCUT2D eigenvalue weighted by molar-refractivity contribution is 8.14. The number of thioether (sulfide) groups is 1. The summed E-state index contributed by atoms with van der Waals surface area (Å²) < 4.78 is 65.3. The lowest BCUT2D eigenvalue weighted by Gasteiger charge is -2.16. The van der Waals surface area contributed by atoms with Crippen molar-refractivity contribution in [2.75, 3.05) is 5.75 Å². The van der Waals surface area contributed by atoms with Crippen LogP contribution in [0.5, 0.6) is 0 Å². The molecule has 0 bridgehead atoms. The fourth-order valence-corrected chi connectivity index (χ4v) is 4.77. The first-order chi connectivity index (χ1) is 22.0. The number of fused-ring (bicyclic) bond motifs is 1. The maximum atomic E-state index is 12.9. The summed E-state index contributed by atoms with van der Waals surface area (Å²) in [6.45, 7) is 1.90. The number of benzene rings is 1. The number of aromatic amines is 1. The van der Waals surface area contributed by atoms with Crippen molar-refractivity contribution in [3.05, 3.63) is 54.3 Å². The van der Waals surface area contributed by atoms with Gasteiger partial charge in [0.2, 0.25) is 11.6 Å². The highest BCUT2D eigenvalue weighted by Crippen LogP contribution is 2.25. The molecule has 47 heavy (non-hydrogen) atoms. The maximum Gasteiger partial charge on any atom is 0.490 e. The number of unbranched alkanes of at least 4 members (excludes halogenated alkanes) is 2. The molecule has 0 saturated heterocycles. The molecule has 0 spiro atoms. The molecule has 1 aromatic carbocycles. The number of nitrogens with zero attached hydrogens (tertiary/aromatic N) is 3. The molecule has 18 heteroatoms. The largest absolute Gasteiger partial charge is 0.542 e. The lowest BCUT2D eigenvalue weighted by atomic mass is 10.0. The number of H-pyrrole nitrogens is 1. The number of hydrogen-bond donors (Lipinski definition) is 3. The fraction of sp³-hybridized carbons (Fsp3) is 0.414. The van der Waals surface area contributed by atoms with Crippen LogP contribution in [-0.4, -0.2) is 72.8 Å². The van der Waals surface area contributed by atoms with Crippen molar-refractivity contribution in [1.82, 2.24) is 15.3 Å². The first kappa shape index (κ1) is 38.7. The van der Waals surface area contributed by atoms with Crippen LogP contribution in [0.1, 0.15) is 63.7 Å². The molecule has 2 aliphatic heterocycles. The topological polar surface area (TPSA) is 168 Å². The highest BCUT2D eigenvalue weighted by Gasteiger charge is 2.38. The Morgan fingerprint density at radius 2 is 1.70 bits per heavy atom. The number of imidazole rings is 1. The normalized spacial score (nSPS) is 14.2. The summed E-state index contributed by atoms with van der Waals surface area (Å²) in [4.78, 5) is 54.6. The second-order valence-corrected chi connectivity index (χ2v) is 10.8. The van der Waals surface area contributed by atoms with Crippen LogP contribution >= 0.6 is 11.8 Å². The molecule has 1 aromatic heterocycles. The number of carbonyl (C=O) groups is 4. The average Bonchev–Trinajstić information content (AvgIpc) is 3.74. The summed E-state index contributed by atoms with van der Waals surface area (Å²) in [5, 5.41) is 20.0. The van der Waals surface area contributed by atoms with Crippen LogP contribution in [0, 0.1) is 0 Å². The lowest BCUT2D eigenvalue weighted by Crippen LogP contribution is -2.37. The molecular weight excluding hydrogens is 660 g/mol. The van der Waals surface area contributed by atoms with E-state index in [1.54, 1.807) is 11.8 Å². The SMILES string of the molecule is CCC(=O)CCCCC[C@H](NC(=O)CC1=C[N+]2=CCSC2=N1)c1ncc(-c2ccccc2)[nH]1.O=C(O)C(F)(F)F.O=C([O-])C(F)(F)F. The molecule has 4 rings (SSSR count). The average molecular weight is 692 g/mol. The number of aliphatic carboxylic acids is 2. The van der Waals surface area contributed by atoms with Gasteiger partial charge in [-0.25, -0.2) is 9.78 Å². The summed E-state index contributed by atoms with van der Waals surface area (Å²) in [6.07, 6.45) is 0.501. The second kappa shape index (κ2) is 18.0. The van der Waals surface area contributed by atoms with Gasteiger partial charge in [0.1, 0.15) is 23.8 Å². The van der Waals surface area contributed by atoms with Crippen LogP contribution in [0.25, 0.3) is 11.3 Å². The predicted molar refractivity (Wildman–Crippen MR) is 157 cm³/mol. The molecule has 3 heterocycles. The number of aliphatic imine (C=N–C) groups is 1. The van der Waals surface area contributed by atoms with E-state index < -0.39 is 24.3 Å². The third-order valence-corrected chi connectivity index (χ3v) is 7.11. The van der Waals surface area contributed by atoms with E-state index in [0.717, 1.165) is 59.4 Å². The van der Waals surface area contributed by atoms with E-state index in [-0.39, 0.29) is 18.4 Å². The molecule has 0 fully saturated rings. The Morgan fingerprint density at radius 3 is 2.26 bits per heavy atom. The maximum absolute atomic E-state index is 12.9. The van der Waals surface area contributed by atoms with Crippen molar-refractivity contribution in [3.63, 3.8) is 0 Å². The van der Waals surface area contributed by atoms with Gasteiger partial charge >= 0.3 is 23.5 Å². The molecule has 2 aromatic rings. The number of carboxylic acids is 2. The zero-order valence-corrected chi connectivity index (χ0v) is 25.7. The molecule has 11 nitrogen and oxygen atoms in total. The molecule has 0 unspecified atom stereocenters. The number of rotatable bonds is 12. The number of aromatic nitrogens is 2. The van der Waals surface area contributed by atoms with Crippen LogP contribution in [0.2, 0.25) is 0 Å². The van der Waals surface area contributed by atoms with Crippen molar-refractivity contribution in [1.29, 1.82) is 0 Å². The van der Waals surface area contributed by atoms with Crippen LogP contribution in [0.4, 0.5) is 26.3 Å². The Hall–Kier alpha value is -4.48. The van der Waals surface area contributed by atoms with E-state index in [4.69, 9.17) is 19.8 Å². The predicted octanol–water partition coefficient (Wildman–Crippen LogP) is 4.53. The van der Waals surface area contributed by atoms with Crippen LogP contribution in [-0.2, 0) is 19.2 Å². The van der Waals surface area contributed by atoms with E-state index >= 15 is 0 Å². The van der Waals surface area contributed by atoms with Gasteiger partial charge in [-0.1, -0.05) is 50.1 Å². The van der Waals surface area contributed by atoms with E-state index in [1.807, 2.05) is 54.2 Å². The fourth-order valence-electron chi connectivity index (χ4n) is 3.93. The van der Waals surface area contributed by atoms with Crippen LogP contribution in [0.15, 0.2) is 53.4 Å². The Kier molecular flexibility index (Phi) is 14.8. The Balaban J connectivity index is 0.000000459. The summed E-state index contributed by atoms with van der Waals surface area (Å²) in [5.41, 5.74) is 2.75. The number of ketones is 1. The number of carboxylic acid groups (broad SMARTS) is 2. The minimum Gasteiger partial charge on any atom is -0.542 e.